The molecule has 1 atom stereocenters. The molecular formula is C14H16N2O. The highest BCUT2D eigenvalue weighted by Gasteiger charge is 2.53. The molecule has 1 unspecified atom stereocenters. The molecule has 3 nitrogen and oxygen atoms in total. The summed E-state index contributed by atoms with van der Waals surface area (Å²) in [6, 6.07) is 2.18. The molecule has 1 amide bonds. The lowest BCUT2D eigenvalue weighted by atomic mass is 9.54. The van der Waals surface area contributed by atoms with Gasteiger partial charge in [0.05, 0.1) is 6.07 Å². The van der Waals surface area contributed by atoms with Gasteiger partial charge >= 0.3 is 0 Å². The van der Waals surface area contributed by atoms with Gasteiger partial charge in [0, 0.05) is 24.1 Å². The van der Waals surface area contributed by atoms with Crippen LogP contribution in [0.15, 0.2) is 23.8 Å². The van der Waals surface area contributed by atoms with Gasteiger partial charge < -0.3 is 4.90 Å². The lowest BCUT2D eigenvalue weighted by Crippen LogP contribution is -2.62. The van der Waals surface area contributed by atoms with Crippen LogP contribution in [0.1, 0.15) is 19.3 Å². The Bertz CT molecular complexity index is 430. The highest BCUT2D eigenvalue weighted by atomic mass is 16.1. The SMILES string of the molecule is N#CC1=CCC(C2CC3(C2)CN(C=O)C3)C=C1. The second kappa shape index (κ2) is 3.73. The van der Waals surface area contributed by atoms with E-state index in [9.17, 15) is 4.79 Å². The average Bonchev–Trinajstić information content (AvgIpc) is 2.27. The van der Waals surface area contributed by atoms with Crippen LogP contribution < -0.4 is 0 Å². The van der Waals surface area contributed by atoms with Gasteiger partial charge in [-0.2, -0.15) is 5.26 Å². The summed E-state index contributed by atoms with van der Waals surface area (Å²) in [5.41, 5.74) is 1.25. The van der Waals surface area contributed by atoms with E-state index >= 15 is 0 Å². The minimum absolute atomic E-state index is 0.457. The maximum absolute atomic E-state index is 10.5. The first-order valence-electron chi connectivity index (χ1n) is 6.22. The van der Waals surface area contributed by atoms with Crippen LogP contribution in [0.5, 0.6) is 0 Å². The Morgan fingerprint density at radius 2 is 2.24 bits per heavy atom. The highest BCUT2D eigenvalue weighted by Crippen LogP contribution is 2.55. The quantitative estimate of drug-likeness (QED) is 0.677. The molecular weight excluding hydrogens is 212 g/mol. The molecule has 3 heteroatoms. The monoisotopic (exact) mass is 228 g/mol. The zero-order valence-corrected chi connectivity index (χ0v) is 9.80. The number of rotatable bonds is 2. The van der Waals surface area contributed by atoms with Gasteiger partial charge in [-0.3, -0.25) is 4.79 Å². The van der Waals surface area contributed by atoms with Crippen LogP contribution in [-0.4, -0.2) is 24.4 Å². The van der Waals surface area contributed by atoms with Gasteiger partial charge in [-0.1, -0.05) is 12.2 Å². The van der Waals surface area contributed by atoms with Crippen LogP contribution in [0.3, 0.4) is 0 Å². The predicted molar refractivity (Wildman–Crippen MR) is 63.7 cm³/mol. The van der Waals surface area contributed by atoms with Gasteiger partial charge in [-0.15, -0.1) is 0 Å². The summed E-state index contributed by atoms with van der Waals surface area (Å²) in [6.45, 7) is 1.92. The molecule has 1 saturated heterocycles. The third-order valence-corrected chi connectivity index (χ3v) is 4.48. The van der Waals surface area contributed by atoms with E-state index < -0.39 is 0 Å². The molecule has 1 heterocycles. The third kappa shape index (κ3) is 1.68. The number of nitriles is 1. The number of hydrogen-bond donors (Lipinski definition) is 0. The maximum Gasteiger partial charge on any atom is 0.209 e. The van der Waals surface area contributed by atoms with Gasteiger partial charge in [0.2, 0.25) is 6.41 Å². The smallest absolute Gasteiger partial charge is 0.209 e. The number of amides is 1. The summed E-state index contributed by atoms with van der Waals surface area (Å²) >= 11 is 0. The molecule has 0 N–H and O–H groups in total. The van der Waals surface area contributed by atoms with Crippen molar-refractivity contribution < 1.29 is 4.79 Å². The van der Waals surface area contributed by atoms with Gasteiger partial charge in [0.15, 0.2) is 0 Å². The summed E-state index contributed by atoms with van der Waals surface area (Å²) in [6.07, 6.45) is 10.7. The molecule has 88 valence electrons. The lowest BCUT2D eigenvalue weighted by molar-refractivity contribution is -0.143. The number of hydrogen-bond acceptors (Lipinski definition) is 2. The summed E-state index contributed by atoms with van der Waals surface area (Å²) in [7, 11) is 0. The Balaban J connectivity index is 1.52. The first kappa shape index (κ1) is 10.6. The minimum atomic E-state index is 0.457. The van der Waals surface area contributed by atoms with Gasteiger partial charge in [-0.25, -0.2) is 0 Å². The van der Waals surface area contributed by atoms with E-state index in [0.29, 0.717) is 11.3 Å². The van der Waals surface area contributed by atoms with Crippen molar-refractivity contribution >= 4 is 6.41 Å². The van der Waals surface area contributed by atoms with E-state index in [1.165, 1.54) is 12.8 Å². The third-order valence-electron chi connectivity index (χ3n) is 4.48. The van der Waals surface area contributed by atoms with Crippen molar-refractivity contribution in [2.45, 2.75) is 19.3 Å². The molecule has 0 aromatic carbocycles. The molecule has 17 heavy (non-hydrogen) atoms. The summed E-state index contributed by atoms with van der Waals surface area (Å²) in [4.78, 5) is 12.4. The number of nitrogens with zero attached hydrogens (tertiary/aromatic N) is 2. The van der Waals surface area contributed by atoms with Crippen LogP contribution in [0, 0.1) is 28.6 Å². The van der Waals surface area contributed by atoms with Crippen molar-refractivity contribution in [3.63, 3.8) is 0 Å². The van der Waals surface area contributed by atoms with Crippen LogP contribution >= 0.6 is 0 Å². The standard InChI is InChI=1S/C14H16N2O/c15-7-11-1-3-12(4-2-11)13-5-14(6-13)8-16(9-14)10-17/h1-3,10,12-13H,4-6,8-9H2. The fourth-order valence-electron chi connectivity index (χ4n) is 3.57. The Kier molecular flexibility index (Phi) is 2.32. The minimum Gasteiger partial charge on any atom is -0.344 e. The molecule has 0 radical (unpaired) electrons. The van der Waals surface area contributed by atoms with E-state index in [-0.39, 0.29) is 0 Å². The second-order valence-corrected chi connectivity index (χ2v) is 5.71. The van der Waals surface area contributed by atoms with E-state index in [4.69, 9.17) is 5.26 Å². The molecule has 0 bridgehead atoms. The molecule has 0 aromatic heterocycles. The Labute approximate surface area is 101 Å². The molecule has 1 saturated carbocycles. The fraction of sp³-hybridized carbons (Fsp3) is 0.571. The lowest BCUT2D eigenvalue weighted by Gasteiger charge is -2.59. The maximum atomic E-state index is 10.5. The van der Waals surface area contributed by atoms with E-state index in [2.05, 4.69) is 12.1 Å². The second-order valence-electron chi connectivity index (χ2n) is 5.71. The number of carbonyl (C=O) groups excluding carboxylic acids is 1. The molecule has 3 rings (SSSR count). The van der Waals surface area contributed by atoms with Crippen LogP contribution in [-0.2, 0) is 4.79 Å². The van der Waals surface area contributed by atoms with Gasteiger partial charge in [-0.05, 0) is 37.2 Å². The van der Waals surface area contributed by atoms with E-state index in [0.717, 1.165) is 37.4 Å². The summed E-state index contributed by atoms with van der Waals surface area (Å²) < 4.78 is 0. The van der Waals surface area contributed by atoms with Crippen LogP contribution in [0.4, 0.5) is 0 Å². The van der Waals surface area contributed by atoms with E-state index in [1.54, 1.807) is 0 Å². The summed E-state index contributed by atoms with van der Waals surface area (Å²) in [5, 5.41) is 8.77. The van der Waals surface area contributed by atoms with Crippen molar-refractivity contribution in [1.82, 2.24) is 4.90 Å². The number of allylic oxidation sites excluding steroid dienone is 4. The summed E-state index contributed by atoms with van der Waals surface area (Å²) in [5.74, 6) is 1.37. The molecule has 1 spiro atoms. The molecule has 3 aliphatic rings. The normalized spacial score (nSPS) is 30.2. The van der Waals surface area contributed by atoms with Crippen molar-refractivity contribution in [1.29, 1.82) is 5.26 Å². The Morgan fingerprint density at radius 3 is 2.76 bits per heavy atom. The fourth-order valence-corrected chi connectivity index (χ4v) is 3.57. The largest absolute Gasteiger partial charge is 0.344 e. The van der Waals surface area contributed by atoms with Crippen LogP contribution in [0.2, 0.25) is 0 Å². The highest BCUT2D eigenvalue weighted by molar-refractivity contribution is 5.49. The number of carbonyl (C=O) groups is 1. The molecule has 1 aliphatic heterocycles. The van der Waals surface area contributed by atoms with Crippen molar-refractivity contribution in [3.8, 4) is 6.07 Å². The first-order chi connectivity index (χ1) is 8.24. The van der Waals surface area contributed by atoms with Crippen molar-refractivity contribution in [3.05, 3.63) is 23.8 Å². The topological polar surface area (TPSA) is 44.1 Å². The first-order valence-corrected chi connectivity index (χ1v) is 6.22. The Hall–Kier alpha value is -1.56. The van der Waals surface area contributed by atoms with Crippen LogP contribution in [0.25, 0.3) is 0 Å². The van der Waals surface area contributed by atoms with Gasteiger partial charge in [0.1, 0.15) is 0 Å². The molecule has 2 aliphatic carbocycles. The zero-order valence-electron chi connectivity index (χ0n) is 9.80. The van der Waals surface area contributed by atoms with Gasteiger partial charge in [0.25, 0.3) is 0 Å². The molecule has 2 fully saturated rings. The number of likely N-dealkylation sites (tertiary alicyclic amines) is 1. The van der Waals surface area contributed by atoms with Crippen molar-refractivity contribution in [2.24, 2.45) is 17.3 Å². The Morgan fingerprint density at radius 1 is 1.47 bits per heavy atom. The average molecular weight is 228 g/mol. The predicted octanol–water partition coefficient (Wildman–Crippen LogP) is 1.88. The molecule has 0 aromatic rings. The van der Waals surface area contributed by atoms with Crippen molar-refractivity contribution in [2.75, 3.05) is 13.1 Å². The zero-order chi connectivity index (χ0) is 11.9. The van der Waals surface area contributed by atoms with E-state index in [1.807, 2.05) is 17.1 Å².